The zero-order valence-electron chi connectivity index (χ0n) is 15.4. The molecule has 0 bridgehead atoms. The Kier molecular flexibility index (Phi) is 6.47. The number of carbonyl (C=O) groups is 1. The quantitative estimate of drug-likeness (QED) is 0.831. The first-order valence-electron chi connectivity index (χ1n) is 9.31. The van der Waals surface area contributed by atoms with E-state index in [1.807, 2.05) is 48.7 Å². The van der Waals surface area contributed by atoms with E-state index < -0.39 is 0 Å². The first kappa shape index (κ1) is 18.2. The first-order chi connectivity index (χ1) is 12.8. The Balaban J connectivity index is 1.44. The number of hydrogen-bond donors (Lipinski definition) is 1. The minimum Gasteiger partial charge on any atom is -0.496 e. The number of amides is 1. The molecule has 3 rings (SSSR count). The summed E-state index contributed by atoms with van der Waals surface area (Å²) in [7, 11) is 1.66. The summed E-state index contributed by atoms with van der Waals surface area (Å²) < 4.78 is 5.34. The molecule has 138 valence electrons. The van der Waals surface area contributed by atoms with Gasteiger partial charge in [-0.3, -0.25) is 4.79 Å². The van der Waals surface area contributed by atoms with Crippen molar-refractivity contribution in [2.75, 3.05) is 31.6 Å². The molecule has 0 radical (unpaired) electrons. The van der Waals surface area contributed by atoms with Crippen molar-refractivity contribution < 1.29 is 9.53 Å². The van der Waals surface area contributed by atoms with Crippen molar-refractivity contribution in [2.45, 2.75) is 25.7 Å². The van der Waals surface area contributed by atoms with Crippen molar-refractivity contribution in [3.05, 3.63) is 54.2 Å². The fraction of sp³-hybridized carbons (Fsp3) is 0.429. The molecule has 1 amide bonds. The van der Waals surface area contributed by atoms with Crippen LogP contribution in [0, 0.1) is 5.92 Å². The number of anilines is 1. The molecule has 1 aromatic heterocycles. The number of nitrogens with one attached hydrogen (secondary N) is 1. The van der Waals surface area contributed by atoms with Gasteiger partial charge in [0, 0.05) is 32.3 Å². The van der Waals surface area contributed by atoms with E-state index >= 15 is 0 Å². The van der Waals surface area contributed by atoms with Crippen molar-refractivity contribution in [3.63, 3.8) is 0 Å². The van der Waals surface area contributed by atoms with Crippen LogP contribution in [-0.2, 0) is 11.2 Å². The highest BCUT2D eigenvalue weighted by atomic mass is 16.5. The Morgan fingerprint density at radius 2 is 2.12 bits per heavy atom. The predicted molar refractivity (Wildman–Crippen MR) is 103 cm³/mol. The van der Waals surface area contributed by atoms with Gasteiger partial charge in [0.15, 0.2) is 0 Å². The zero-order chi connectivity index (χ0) is 18.2. The van der Waals surface area contributed by atoms with Crippen LogP contribution >= 0.6 is 0 Å². The van der Waals surface area contributed by atoms with Gasteiger partial charge in [-0.05, 0) is 48.9 Å². The number of para-hydroxylation sites is 1. The van der Waals surface area contributed by atoms with Gasteiger partial charge in [-0.2, -0.15) is 0 Å². The van der Waals surface area contributed by atoms with Crippen LogP contribution in [0.1, 0.15) is 24.8 Å². The highest BCUT2D eigenvalue weighted by molar-refractivity contribution is 5.76. The number of hydrogen-bond acceptors (Lipinski definition) is 4. The molecule has 1 N–H and O–H groups in total. The van der Waals surface area contributed by atoms with Gasteiger partial charge in [-0.1, -0.05) is 24.3 Å². The third-order valence-corrected chi connectivity index (χ3v) is 4.89. The van der Waals surface area contributed by atoms with Gasteiger partial charge >= 0.3 is 0 Å². The van der Waals surface area contributed by atoms with Crippen LogP contribution in [0.25, 0.3) is 0 Å². The van der Waals surface area contributed by atoms with Gasteiger partial charge in [-0.25, -0.2) is 4.98 Å². The van der Waals surface area contributed by atoms with Gasteiger partial charge in [-0.15, -0.1) is 0 Å². The molecule has 1 saturated heterocycles. The number of carbonyl (C=O) groups excluding carboxylic acids is 1. The number of piperidine rings is 1. The SMILES string of the molecule is COc1ccccc1CCC(=O)NC[C@@H]1CCCN(c2ccccn2)C1. The van der Waals surface area contributed by atoms with Gasteiger partial charge in [0.2, 0.25) is 5.91 Å². The number of nitrogens with zero attached hydrogens (tertiary/aromatic N) is 2. The van der Waals surface area contributed by atoms with E-state index in [2.05, 4.69) is 15.2 Å². The van der Waals surface area contributed by atoms with Crippen molar-refractivity contribution >= 4 is 11.7 Å². The lowest BCUT2D eigenvalue weighted by Crippen LogP contribution is -2.41. The predicted octanol–water partition coefficient (Wildman–Crippen LogP) is 3.06. The summed E-state index contributed by atoms with van der Waals surface area (Å²) in [5.41, 5.74) is 1.07. The normalized spacial score (nSPS) is 17.0. The molecule has 5 heteroatoms. The van der Waals surface area contributed by atoms with Crippen LogP contribution in [0.4, 0.5) is 5.82 Å². The third kappa shape index (κ3) is 4.97. The van der Waals surface area contributed by atoms with E-state index in [1.165, 1.54) is 0 Å². The molecule has 0 aliphatic carbocycles. The van der Waals surface area contributed by atoms with Gasteiger partial charge in [0.05, 0.1) is 7.11 Å². The molecule has 1 aliphatic rings. The number of methoxy groups -OCH3 is 1. The maximum absolute atomic E-state index is 12.2. The second kappa shape index (κ2) is 9.22. The number of ether oxygens (including phenoxy) is 1. The number of aryl methyl sites for hydroxylation is 1. The minimum atomic E-state index is 0.103. The van der Waals surface area contributed by atoms with Gasteiger partial charge in [0.25, 0.3) is 0 Å². The molecule has 0 saturated carbocycles. The smallest absolute Gasteiger partial charge is 0.220 e. The average Bonchev–Trinajstić information content (AvgIpc) is 2.71. The Hall–Kier alpha value is -2.56. The Morgan fingerprint density at radius 1 is 1.27 bits per heavy atom. The molecule has 2 heterocycles. The summed E-state index contributed by atoms with van der Waals surface area (Å²) in [6.45, 7) is 2.72. The molecule has 1 aromatic carbocycles. The molecule has 2 aromatic rings. The van der Waals surface area contributed by atoms with Crippen LogP contribution in [0.2, 0.25) is 0 Å². The zero-order valence-corrected chi connectivity index (χ0v) is 15.4. The van der Waals surface area contributed by atoms with Gasteiger partial charge < -0.3 is 15.0 Å². The van der Waals surface area contributed by atoms with E-state index in [1.54, 1.807) is 7.11 Å². The average molecular weight is 353 g/mol. The summed E-state index contributed by atoms with van der Waals surface area (Å²) in [5.74, 6) is 2.45. The minimum absolute atomic E-state index is 0.103. The van der Waals surface area contributed by atoms with Crippen molar-refractivity contribution in [2.24, 2.45) is 5.92 Å². The summed E-state index contributed by atoms with van der Waals surface area (Å²) in [6, 6.07) is 13.9. The molecular weight excluding hydrogens is 326 g/mol. The maximum atomic E-state index is 12.2. The summed E-state index contributed by atoms with van der Waals surface area (Å²) in [6.07, 6.45) is 5.30. The van der Waals surface area contributed by atoms with Crippen molar-refractivity contribution in [1.29, 1.82) is 0 Å². The Labute approximate surface area is 155 Å². The van der Waals surface area contributed by atoms with E-state index in [0.717, 1.165) is 49.6 Å². The molecule has 1 atom stereocenters. The summed E-state index contributed by atoms with van der Waals surface area (Å²) >= 11 is 0. The van der Waals surface area contributed by atoms with Crippen LogP contribution in [-0.4, -0.2) is 37.6 Å². The topological polar surface area (TPSA) is 54.5 Å². The second-order valence-corrected chi connectivity index (χ2v) is 6.76. The number of aromatic nitrogens is 1. The maximum Gasteiger partial charge on any atom is 0.220 e. The lowest BCUT2D eigenvalue weighted by molar-refractivity contribution is -0.121. The fourth-order valence-corrected chi connectivity index (χ4v) is 3.48. The first-order valence-corrected chi connectivity index (χ1v) is 9.31. The monoisotopic (exact) mass is 353 g/mol. The van der Waals surface area contributed by atoms with Crippen molar-refractivity contribution in [1.82, 2.24) is 10.3 Å². The van der Waals surface area contributed by atoms with Crippen LogP contribution < -0.4 is 15.0 Å². The molecule has 1 aliphatic heterocycles. The molecule has 26 heavy (non-hydrogen) atoms. The second-order valence-electron chi connectivity index (χ2n) is 6.76. The third-order valence-electron chi connectivity index (χ3n) is 4.89. The number of rotatable bonds is 7. The van der Waals surface area contributed by atoms with E-state index in [4.69, 9.17) is 4.74 Å². The van der Waals surface area contributed by atoms with Crippen LogP contribution in [0.15, 0.2) is 48.7 Å². The van der Waals surface area contributed by atoms with E-state index in [9.17, 15) is 4.79 Å². The molecule has 5 nitrogen and oxygen atoms in total. The molecule has 0 spiro atoms. The molecular formula is C21H27N3O2. The largest absolute Gasteiger partial charge is 0.496 e. The summed E-state index contributed by atoms with van der Waals surface area (Å²) in [4.78, 5) is 19.0. The van der Waals surface area contributed by atoms with Gasteiger partial charge in [0.1, 0.15) is 11.6 Å². The van der Waals surface area contributed by atoms with Crippen LogP contribution in [0.3, 0.4) is 0 Å². The lowest BCUT2D eigenvalue weighted by atomic mass is 9.98. The lowest BCUT2D eigenvalue weighted by Gasteiger charge is -2.33. The Bertz CT molecular complexity index is 705. The van der Waals surface area contributed by atoms with Crippen molar-refractivity contribution in [3.8, 4) is 5.75 Å². The van der Waals surface area contributed by atoms with E-state index in [-0.39, 0.29) is 5.91 Å². The standard InChI is InChI=1S/C21H27N3O2/c1-26-19-9-3-2-8-18(19)11-12-21(25)23-15-17-7-6-14-24(16-17)20-10-4-5-13-22-20/h2-5,8-10,13,17H,6-7,11-12,14-16H2,1H3,(H,23,25)/t17-/m0/s1. The molecule has 1 fully saturated rings. The van der Waals surface area contributed by atoms with E-state index in [0.29, 0.717) is 18.8 Å². The highest BCUT2D eigenvalue weighted by Gasteiger charge is 2.21. The number of pyridine rings is 1. The Morgan fingerprint density at radius 3 is 2.92 bits per heavy atom. The fourth-order valence-electron chi connectivity index (χ4n) is 3.48. The highest BCUT2D eigenvalue weighted by Crippen LogP contribution is 2.21. The molecule has 0 unspecified atom stereocenters. The number of benzene rings is 1. The summed E-state index contributed by atoms with van der Waals surface area (Å²) in [5, 5.41) is 3.11. The van der Waals surface area contributed by atoms with Crippen LogP contribution in [0.5, 0.6) is 5.75 Å².